The molecule has 0 heterocycles. The zero-order chi connectivity index (χ0) is 18.8. The molecule has 1 fully saturated rings. The van der Waals surface area contributed by atoms with Crippen molar-refractivity contribution < 1.29 is 9.18 Å². The molecule has 1 aliphatic rings. The zero-order valence-corrected chi connectivity index (χ0v) is 15.7. The molecule has 6 nitrogen and oxygen atoms in total. The topological polar surface area (TPSA) is 68.8 Å². The number of benzene rings is 1. The SMILES string of the molecule is CCNC(=NCCCN(C)c1cccc(F)c1)NCCNC(=O)C1CC1. The van der Waals surface area contributed by atoms with Gasteiger partial charge in [0.05, 0.1) is 0 Å². The quantitative estimate of drug-likeness (QED) is 0.336. The summed E-state index contributed by atoms with van der Waals surface area (Å²) in [6.07, 6.45) is 2.91. The molecular weight excluding hydrogens is 333 g/mol. The van der Waals surface area contributed by atoms with Gasteiger partial charge in [-0.1, -0.05) is 6.07 Å². The van der Waals surface area contributed by atoms with E-state index < -0.39 is 0 Å². The first kappa shape index (κ1) is 20.0. The molecular formula is C19H30FN5O. The van der Waals surface area contributed by atoms with Gasteiger partial charge >= 0.3 is 0 Å². The van der Waals surface area contributed by atoms with E-state index in [-0.39, 0.29) is 17.6 Å². The first-order chi connectivity index (χ1) is 12.6. The number of aliphatic imine (C=N–C) groups is 1. The predicted octanol–water partition coefficient (Wildman–Crippen LogP) is 1.73. The van der Waals surface area contributed by atoms with Crippen molar-refractivity contribution in [1.29, 1.82) is 0 Å². The Balaban J connectivity index is 1.66. The lowest BCUT2D eigenvalue weighted by Crippen LogP contribution is -2.41. The Kier molecular flexibility index (Phi) is 8.18. The Hall–Kier alpha value is -2.31. The molecule has 2 rings (SSSR count). The number of amides is 1. The van der Waals surface area contributed by atoms with Crippen molar-refractivity contribution >= 4 is 17.6 Å². The summed E-state index contributed by atoms with van der Waals surface area (Å²) in [6, 6.07) is 6.59. The molecule has 1 saturated carbocycles. The summed E-state index contributed by atoms with van der Waals surface area (Å²) < 4.78 is 13.3. The number of halogens is 1. The second-order valence-corrected chi connectivity index (χ2v) is 6.51. The molecule has 0 unspecified atom stereocenters. The van der Waals surface area contributed by atoms with E-state index in [0.717, 1.165) is 44.0 Å². The number of anilines is 1. The minimum absolute atomic E-state index is 0.161. The number of nitrogens with one attached hydrogen (secondary N) is 3. The minimum Gasteiger partial charge on any atom is -0.374 e. The summed E-state index contributed by atoms with van der Waals surface area (Å²) in [6.45, 7) is 5.51. The van der Waals surface area contributed by atoms with Gasteiger partial charge in [0.2, 0.25) is 5.91 Å². The van der Waals surface area contributed by atoms with Gasteiger partial charge in [-0.05, 0) is 44.4 Å². The second-order valence-electron chi connectivity index (χ2n) is 6.51. The van der Waals surface area contributed by atoms with Crippen molar-refractivity contribution in [3.05, 3.63) is 30.1 Å². The Morgan fingerprint density at radius 1 is 1.27 bits per heavy atom. The van der Waals surface area contributed by atoms with Crippen LogP contribution in [0.25, 0.3) is 0 Å². The fraction of sp³-hybridized carbons (Fsp3) is 0.579. The summed E-state index contributed by atoms with van der Waals surface area (Å²) in [5.74, 6) is 0.933. The normalized spacial score (nSPS) is 14.0. The van der Waals surface area contributed by atoms with E-state index in [9.17, 15) is 9.18 Å². The first-order valence-electron chi connectivity index (χ1n) is 9.36. The van der Waals surface area contributed by atoms with Crippen LogP contribution < -0.4 is 20.9 Å². The average Bonchev–Trinajstić information content (AvgIpc) is 3.47. The molecule has 1 aliphatic carbocycles. The predicted molar refractivity (Wildman–Crippen MR) is 104 cm³/mol. The van der Waals surface area contributed by atoms with Crippen LogP contribution in [0.15, 0.2) is 29.3 Å². The molecule has 1 amide bonds. The molecule has 7 heteroatoms. The van der Waals surface area contributed by atoms with E-state index in [1.807, 2.05) is 24.9 Å². The van der Waals surface area contributed by atoms with Crippen molar-refractivity contribution in [2.45, 2.75) is 26.2 Å². The Morgan fingerprint density at radius 3 is 2.73 bits per heavy atom. The van der Waals surface area contributed by atoms with E-state index in [0.29, 0.717) is 19.6 Å². The Bertz CT molecular complexity index is 603. The first-order valence-corrected chi connectivity index (χ1v) is 9.36. The van der Waals surface area contributed by atoms with Crippen LogP contribution in [-0.2, 0) is 4.79 Å². The van der Waals surface area contributed by atoms with Gasteiger partial charge in [0.25, 0.3) is 0 Å². The summed E-state index contributed by atoms with van der Waals surface area (Å²) in [7, 11) is 1.95. The van der Waals surface area contributed by atoms with Crippen LogP contribution in [0.3, 0.4) is 0 Å². The van der Waals surface area contributed by atoms with Crippen LogP contribution in [0.1, 0.15) is 26.2 Å². The van der Waals surface area contributed by atoms with E-state index in [1.165, 1.54) is 12.1 Å². The summed E-state index contributed by atoms with van der Waals surface area (Å²) in [5.41, 5.74) is 0.866. The third kappa shape index (κ3) is 7.29. The number of rotatable bonds is 10. The van der Waals surface area contributed by atoms with Crippen LogP contribution in [0.2, 0.25) is 0 Å². The average molecular weight is 363 g/mol. The lowest BCUT2D eigenvalue weighted by molar-refractivity contribution is -0.122. The molecule has 1 aromatic rings. The van der Waals surface area contributed by atoms with Gasteiger partial charge in [-0.15, -0.1) is 0 Å². The van der Waals surface area contributed by atoms with Gasteiger partial charge in [-0.2, -0.15) is 0 Å². The maximum absolute atomic E-state index is 13.3. The van der Waals surface area contributed by atoms with Crippen LogP contribution >= 0.6 is 0 Å². The lowest BCUT2D eigenvalue weighted by atomic mass is 10.2. The molecule has 26 heavy (non-hydrogen) atoms. The van der Waals surface area contributed by atoms with Crippen LogP contribution in [0.5, 0.6) is 0 Å². The number of guanidine groups is 1. The minimum atomic E-state index is -0.222. The van der Waals surface area contributed by atoms with Crippen molar-refractivity contribution in [3.63, 3.8) is 0 Å². The van der Waals surface area contributed by atoms with E-state index in [2.05, 4.69) is 20.9 Å². The smallest absolute Gasteiger partial charge is 0.223 e. The van der Waals surface area contributed by atoms with Gasteiger partial charge in [-0.25, -0.2) is 4.39 Å². The van der Waals surface area contributed by atoms with Gasteiger partial charge in [0.15, 0.2) is 5.96 Å². The fourth-order valence-electron chi connectivity index (χ4n) is 2.54. The molecule has 0 saturated heterocycles. The molecule has 0 spiro atoms. The highest BCUT2D eigenvalue weighted by Crippen LogP contribution is 2.28. The number of hydrogen-bond donors (Lipinski definition) is 3. The fourth-order valence-corrected chi connectivity index (χ4v) is 2.54. The highest BCUT2D eigenvalue weighted by Gasteiger charge is 2.28. The van der Waals surface area contributed by atoms with Gasteiger partial charge in [0.1, 0.15) is 5.82 Å². The zero-order valence-electron chi connectivity index (χ0n) is 15.7. The van der Waals surface area contributed by atoms with Gasteiger partial charge < -0.3 is 20.9 Å². The number of hydrogen-bond acceptors (Lipinski definition) is 3. The van der Waals surface area contributed by atoms with Crippen molar-refractivity contribution in [2.75, 3.05) is 44.7 Å². The van der Waals surface area contributed by atoms with E-state index >= 15 is 0 Å². The van der Waals surface area contributed by atoms with Crippen LogP contribution in [0.4, 0.5) is 10.1 Å². The largest absolute Gasteiger partial charge is 0.374 e. The third-order valence-corrected chi connectivity index (χ3v) is 4.18. The third-order valence-electron chi connectivity index (χ3n) is 4.18. The standard InChI is InChI=1S/C19H30FN5O/c1-3-21-19(24-12-11-22-18(26)15-8-9-15)23-10-5-13-25(2)17-7-4-6-16(20)14-17/h4,6-7,14-15H,3,5,8-13H2,1-2H3,(H,22,26)(H2,21,23,24). The van der Waals surface area contributed by atoms with Gasteiger partial charge in [0, 0.05) is 51.4 Å². The lowest BCUT2D eigenvalue weighted by Gasteiger charge is -2.19. The summed E-state index contributed by atoms with van der Waals surface area (Å²) in [5, 5.41) is 9.35. The maximum Gasteiger partial charge on any atom is 0.223 e. The van der Waals surface area contributed by atoms with Crippen molar-refractivity contribution in [2.24, 2.45) is 10.9 Å². The Morgan fingerprint density at radius 2 is 2.04 bits per heavy atom. The molecule has 0 atom stereocenters. The van der Waals surface area contributed by atoms with E-state index in [1.54, 1.807) is 6.07 Å². The molecule has 3 N–H and O–H groups in total. The number of carbonyl (C=O) groups is 1. The second kappa shape index (κ2) is 10.6. The van der Waals surface area contributed by atoms with Crippen LogP contribution in [0, 0.1) is 11.7 Å². The Labute approximate surface area is 155 Å². The molecule has 1 aromatic carbocycles. The highest BCUT2D eigenvalue weighted by atomic mass is 19.1. The van der Waals surface area contributed by atoms with Crippen molar-refractivity contribution in [1.82, 2.24) is 16.0 Å². The molecule has 0 radical (unpaired) electrons. The monoisotopic (exact) mass is 363 g/mol. The molecule has 0 aliphatic heterocycles. The maximum atomic E-state index is 13.3. The molecule has 0 aromatic heterocycles. The van der Waals surface area contributed by atoms with Gasteiger partial charge in [-0.3, -0.25) is 9.79 Å². The molecule has 144 valence electrons. The molecule has 0 bridgehead atoms. The van der Waals surface area contributed by atoms with Crippen molar-refractivity contribution in [3.8, 4) is 0 Å². The summed E-state index contributed by atoms with van der Waals surface area (Å²) in [4.78, 5) is 18.1. The number of nitrogens with zero attached hydrogens (tertiary/aromatic N) is 2. The van der Waals surface area contributed by atoms with Crippen LogP contribution in [-0.4, -0.2) is 51.6 Å². The van der Waals surface area contributed by atoms with E-state index in [4.69, 9.17) is 0 Å². The summed E-state index contributed by atoms with van der Waals surface area (Å²) >= 11 is 0. The highest BCUT2D eigenvalue weighted by molar-refractivity contribution is 5.81. The number of carbonyl (C=O) groups excluding carboxylic acids is 1.